The van der Waals surface area contributed by atoms with E-state index >= 15 is 0 Å². The number of H-pyrrole nitrogens is 1. The fourth-order valence-electron chi connectivity index (χ4n) is 3.83. The molecule has 10 heteroatoms. The number of hydrogen-bond acceptors (Lipinski definition) is 8. The Bertz CT molecular complexity index is 1080. The van der Waals surface area contributed by atoms with Crippen molar-refractivity contribution in [3.05, 3.63) is 24.5 Å². The average Bonchev–Trinajstić information content (AvgIpc) is 3.21. The number of aliphatic hydroxyl groups excluding tert-OH is 1. The molecule has 32 heavy (non-hydrogen) atoms. The van der Waals surface area contributed by atoms with E-state index in [2.05, 4.69) is 20.3 Å². The van der Waals surface area contributed by atoms with E-state index in [1.54, 1.807) is 38.7 Å². The number of ether oxygens (including phenoxy) is 4. The number of aromatic amines is 1. The molecule has 3 aromatic rings. The highest BCUT2D eigenvalue weighted by Crippen LogP contribution is 2.41. The van der Waals surface area contributed by atoms with Crippen LogP contribution in [-0.2, 0) is 0 Å². The summed E-state index contributed by atoms with van der Waals surface area (Å²) < 4.78 is 21.7. The van der Waals surface area contributed by atoms with E-state index in [1.807, 2.05) is 0 Å². The lowest BCUT2D eigenvalue weighted by Crippen LogP contribution is -2.40. The van der Waals surface area contributed by atoms with E-state index in [0.29, 0.717) is 52.5 Å². The normalized spacial score (nSPS) is 18.2. The standard InChI is InChI=1S/C22H26N4O6/c1-29-16-8-12(9-17(30-2)20(16)31-3)15-10-23-21-19(26-15)18(11-24-21)32-22(28)25-13-4-6-14(27)7-5-13/h8-11,13-14,27H,4-7H2,1-3H3,(H,23,24)(H,25,28). The van der Waals surface area contributed by atoms with Gasteiger partial charge in [0.15, 0.2) is 28.4 Å². The highest BCUT2D eigenvalue weighted by atomic mass is 16.6. The van der Waals surface area contributed by atoms with Crippen molar-refractivity contribution in [3.8, 4) is 34.3 Å². The van der Waals surface area contributed by atoms with Crippen LogP contribution >= 0.6 is 0 Å². The minimum Gasteiger partial charge on any atom is -0.493 e. The Hall–Kier alpha value is -3.53. The van der Waals surface area contributed by atoms with E-state index in [9.17, 15) is 9.90 Å². The molecular weight excluding hydrogens is 416 g/mol. The average molecular weight is 442 g/mol. The predicted molar refractivity (Wildman–Crippen MR) is 116 cm³/mol. The minimum atomic E-state index is -0.563. The van der Waals surface area contributed by atoms with Crippen LogP contribution < -0.4 is 24.3 Å². The highest BCUT2D eigenvalue weighted by molar-refractivity contribution is 5.84. The van der Waals surface area contributed by atoms with Crippen LogP contribution in [0.4, 0.5) is 4.79 Å². The number of nitrogens with zero attached hydrogens (tertiary/aromatic N) is 2. The monoisotopic (exact) mass is 442 g/mol. The third-order valence-electron chi connectivity index (χ3n) is 5.53. The Balaban J connectivity index is 1.58. The van der Waals surface area contributed by atoms with Crippen LogP contribution in [0.5, 0.6) is 23.0 Å². The Morgan fingerprint density at radius 3 is 2.38 bits per heavy atom. The molecule has 4 rings (SSSR count). The number of rotatable bonds is 6. The number of aliphatic hydroxyl groups is 1. The van der Waals surface area contributed by atoms with Crippen molar-refractivity contribution in [1.82, 2.24) is 20.3 Å². The van der Waals surface area contributed by atoms with Crippen molar-refractivity contribution >= 4 is 17.3 Å². The van der Waals surface area contributed by atoms with Crippen LogP contribution in [0.25, 0.3) is 22.4 Å². The smallest absolute Gasteiger partial charge is 0.412 e. The molecule has 1 saturated carbocycles. The fourth-order valence-corrected chi connectivity index (χ4v) is 3.83. The number of nitrogens with one attached hydrogen (secondary N) is 2. The number of carbonyl (C=O) groups excluding carboxylic acids is 1. The van der Waals surface area contributed by atoms with Crippen molar-refractivity contribution in [2.45, 2.75) is 37.8 Å². The molecule has 1 fully saturated rings. The Morgan fingerprint density at radius 1 is 1.06 bits per heavy atom. The number of benzene rings is 1. The van der Waals surface area contributed by atoms with Gasteiger partial charge in [0.2, 0.25) is 5.75 Å². The van der Waals surface area contributed by atoms with Gasteiger partial charge in [-0.05, 0) is 37.8 Å². The molecule has 0 unspecified atom stereocenters. The van der Waals surface area contributed by atoms with Crippen molar-refractivity contribution in [3.63, 3.8) is 0 Å². The van der Waals surface area contributed by atoms with Crippen LogP contribution in [0, 0.1) is 0 Å². The first-order valence-electron chi connectivity index (χ1n) is 10.3. The molecule has 1 aliphatic rings. The summed E-state index contributed by atoms with van der Waals surface area (Å²) in [5, 5.41) is 12.5. The van der Waals surface area contributed by atoms with Crippen molar-refractivity contribution in [2.24, 2.45) is 0 Å². The number of methoxy groups -OCH3 is 3. The summed E-state index contributed by atoms with van der Waals surface area (Å²) >= 11 is 0. The van der Waals surface area contributed by atoms with Crippen molar-refractivity contribution in [2.75, 3.05) is 21.3 Å². The maximum atomic E-state index is 12.4. The molecule has 10 nitrogen and oxygen atoms in total. The van der Waals surface area contributed by atoms with Crippen LogP contribution in [0.2, 0.25) is 0 Å². The summed E-state index contributed by atoms with van der Waals surface area (Å²) in [5.41, 5.74) is 2.16. The molecule has 1 amide bonds. The second kappa shape index (κ2) is 9.31. The molecular formula is C22H26N4O6. The Kier molecular flexibility index (Phi) is 6.31. The maximum Gasteiger partial charge on any atom is 0.412 e. The largest absolute Gasteiger partial charge is 0.493 e. The zero-order valence-electron chi connectivity index (χ0n) is 18.2. The van der Waals surface area contributed by atoms with Gasteiger partial charge >= 0.3 is 6.09 Å². The van der Waals surface area contributed by atoms with E-state index < -0.39 is 6.09 Å². The zero-order valence-corrected chi connectivity index (χ0v) is 18.2. The summed E-state index contributed by atoms with van der Waals surface area (Å²) in [6.45, 7) is 0. The maximum absolute atomic E-state index is 12.4. The number of aromatic nitrogens is 3. The molecule has 0 atom stereocenters. The molecule has 0 spiro atoms. The topological polar surface area (TPSA) is 128 Å². The third kappa shape index (κ3) is 4.40. The van der Waals surface area contributed by atoms with Crippen LogP contribution in [0.15, 0.2) is 24.5 Å². The van der Waals surface area contributed by atoms with Crippen molar-refractivity contribution < 1.29 is 28.8 Å². The molecule has 2 aromatic heterocycles. The highest BCUT2D eigenvalue weighted by Gasteiger charge is 2.22. The van der Waals surface area contributed by atoms with Gasteiger partial charge in [-0.2, -0.15) is 0 Å². The van der Waals surface area contributed by atoms with E-state index in [4.69, 9.17) is 18.9 Å². The predicted octanol–water partition coefficient (Wildman–Crippen LogP) is 3.04. The second-order valence-electron chi connectivity index (χ2n) is 7.56. The summed E-state index contributed by atoms with van der Waals surface area (Å²) in [7, 11) is 4.62. The zero-order chi connectivity index (χ0) is 22.7. The molecule has 1 aliphatic carbocycles. The molecule has 170 valence electrons. The van der Waals surface area contributed by atoms with Gasteiger partial charge in [-0.25, -0.2) is 14.8 Å². The van der Waals surface area contributed by atoms with Gasteiger partial charge in [0.1, 0.15) is 0 Å². The van der Waals surface area contributed by atoms with Gasteiger partial charge in [0, 0.05) is 17.8 Å². The molecule has 0 aliphatic heterocycles. The fraction of sp³-hybridized carbons (Fsp3) is 0.409. The SMILES string of the molecule is COc1cc(-c2cnc3[nH]cc(OC(=O)NC4CCC(O)CC4)c3n2)cc(OC)c1OC. The van der Waals surface area contributed by atoms with Gasteiger partial charge in [0.25, 0.3) is 0 Å². The number of hydrogen-bond donors (Lipinski definition) is 3. The van der Waals surface area contributed by atoms with Crippen molar-refractivity contribution in [1.29, 1.82) is 0 Å². The Morgan fingerprint density at radius 2 is 1.75 bits per heavy atom. The third-order valence-corrected chi connectivity index (χ3v) is 5.53. The first-order chi connectivity index (χ1) is 15.5. The lowest BCUT2D eigenvalue weighted by Gasteiger charge is -2.25. The molecule has 1 aromatic carbocycles. The molecule has 3 N–H and O–H groups in total. The van der Waals surface area contributed by atoms with Crippen LogP contribution in [-0.4, -0.2) is 59.6 Å². The van der Waals surface area contributed by atoms with Gasteiger partial charge < -0.3 is 34.4 Å². The minimum absolute atomic E-state index is 0.0167. The van der Waals surface area contributed by atoms with Crippen LogP contribution in [0.3, 0.4) is 0 Å². The molecule has 0 bridgehead atoms. The number of fused-ring (bicyclic) bond motifs is 1. The summed E-state index contributed by atoms with van der Waals surface area (Å²) in [6.07, 6.45) is 5.08. The van der Waals surface area contributed by atoms with Gasteiger partial charge in [-0.1, -0.05) is 0 Å². The van der Waals surface area contributed by atoms with E-state index in [1.165, 1.54) is 7.11 Å². The van der Waals surface area contributed by atoms with Crippen LogP contribution in [0.1, 0.15) is 25.7 Å². The first-order valence-corrected chi connectivity index (χ1v) is 10.3. The molecule has 0 saturated heterocycles. The van der Waals surface area contributed by atoms with E-state index in [-0.39, 0.29) is 17.9 Å². The number of carbonyl (C=O) groups is 1. The Labute approximate surface area is 184 Å². The lowest BCUT2D eigenvalue weighted by atomic mass is 9.93. The van der Waals surface area contributed by atoms with Gasteiger partial charge in [-0.15, -0.1) is 0 Å². The summed E-state index contributed by atoms with van der Waals surface area (Å²) in [6, 6.07) is 3.53. The lowest BCUT2D eigenvalue weighted by molar-refractivity contribution is 0.115. The molecule has 0 radical (unpaired) electrons. The van der Waals surface area contributed by atoms with Gasteiger partial charge in [-0.3, -0.25) is 0 Å². The van der Waals surface area contributed by atoms with Gasteiger partial charge in [0.05, 0.1) is 39.3 Å². The number of amides is 1. The quantitative estimate of drug-likeness (QED) is 0.531. The first kappa shape index (κ1) is 21.7. The molecule has 2 heterocycles. The second-order valence-corrected chi connectivity index (χ2v) is 7.56. The summed E-state index contributed by atoms with van der Waals surface area (Å²) in [4.78, 5) is 24.4. The van der Waals surface area contributed by atoms with E-state index in [0.717, 1.165) is 12.8 Å². The summed E-state index contributed by atoms with van der Waals surface area (Å²) in [5.74, 6) is 1.73.